The van der Waals surface area contributed by atoms with Crippen molar-refractivity contribution in [3.8, 4) is 0 Å². The van der Waals surface area contributed by atoms with Crippen molar-refractivity contribution in [2.24, 2.45) is 22.2 Å². The molecule has 1 aromatic rings. The minimum Gasteiger partial charge on any atom is -0.356 e. The lowest BCUT2D eigenvalue weighted by molar-refractivity contribution is -0.170. The highest BCUT2D eigenvalue weighted by atomic mass is 16.2. The molecule has 3 nitrogen and oxygen atoms in total. The molecule has 2 unspecified atom stereocenters. The van der Waals surface area contributed by atoms with E-state index < -0.39 is 0 Å². The first-order valence-corrected chi connectivity index (χ1v) is 9.58. The summed E-state index contributed by atoms with van der Waals surface area (Å²) < 4.78 is 0. The zero-order chi connectivity index (χ0) is 16.8. The standard InChI is InChI=1S/C21H30N2O/c1-19-10-17-11-20(2,13-19)15-21(12-17,14-19)18(24)23-7-3-4-16-5-8-22-9-6-16/h5-6,8-9,17H,3-4,7,10-15H2,1-2H3,(H,23,24)/t17?,19-,20+,21?. The average molecular weight is 326 g/mol. The Morgan fingerprint density at radius 3 is 2.42 bits per heavy atom. The van der Waals surface area contributed by atoms with Crippen molar-refractivity contribution in [3.05, 3.63) is 30.1 Å². The lowest BCUT2D eigenvalue weighted by Crippen LogP contribution is -2.59. The third-order valence-corrected chi connectivity index (χ3v) is 6.79. The van der Waals surface area contributed by atoms with Crippen LogP contribution in [0.3, 0.4) is 0 Å². The highest BCUT2D eigenvalue weighted by Crippen LogP contribution is 2.69. The Labute approximate surface area is 145 Å². The third kappa shape index (κ3) is 2.87. The lowest BCUT2D eigenvalue weighted by Gasteiger charge is -2.64. The summed E-state index contributed by atoms with van der Waals surface area (Å²) in [5.74, 6) is 1.12. The SMILES string of the molecule is C[C@]12CC3CC(C(=O)NCCCc4ccncc4)(C1)C[C@@](C)(C3)C2. The van der Waals surface area contributed by atoms with E-state index in [0.717, 1.165) is 44.6 Å². The fraction of sp³-hybridized carbons (Fsp3) is 0.714. The van der Waals surface area contributed by atoms with E-state index >= 15 is 0 Å². The van der Waals surface area contributed by atoms with Gasteiger partial charge in [0.15, 0.2) is 0 Å². The van der Waals surface area contributed by atoms with Crippen molar-refractivity contribution in [3.63, 3.8) is 0 Å². The summed E-state index contributed by atoms with van der Waals surface area (Å²) in [5.41, 5.74) is 2.04. The average Bonchev–Trinajstić information content (AvgIpc) is 2.49. The Morgan fingerprint density at radius 2 is 1.79 bits per heavy atom. The molecule has 3 heteroatoms. The number of hydrogen-bond donors (Lipinski definition) is 1. The topological polar surface area (TPSA) is 42.0 Å². The number of aromatic nitrogens is 1. The Hall–Kier alpha value is -1.38. The number of pyridine rings is 1. The van der Waals surface area contributed by atoms with Crippen LogP contribution in [-0.2, 0) is 11.2 Å². The number of carbonyl (C=O) groups is 1. The van der Waals surface area contributed by atoms with Gasteiger partial charge in [0.05, 0.1) is 5.41 Å². The number of amides is 1. The van der Waals surface area contributed by atoms with Crippen LogP contribution in [0, 0.1) is 22.2 Å². The van der Waals surface area contributed by atoms with E-state index in [1.54, 1.807) is 0 Å². The molecule has 130 valence electrons. The molecule has 4 aliphatic carbocycles. The minimum atomic E-state index is -0.0699. The van der Waals surface area contributed by atoms with Crippen molar-refractivity contribution >= 4 is 5.91 Å². The van der Waals surface area contributed by atoms with Gasteiger partial charge in [0.2, 0.25) is 5.91 Å². The zero-order valence-corrected chi connectivity index (χ0v) is 15.1. The first kappa shape index (κ1) is 16.1. The number of carbonyl (C=O) groups excluding carboxylic acids is 1. The van der Waals surface area contributed by atoms with E-state index in [1.807, 2.05) is 12.4 Å². The molecule has 0 spiro atoms. The molecule has 1 N–H and O–H groups in total. The van der Waals surface area contributed by atoms with Crippen molar-refractivity contribution in [1.29, 1.82) is 0 Å². The van der Waals surface area contributed by atoms with Gasteiger partial charge < -0.3 is 5.32 Å². The van der Waals surface area contributed by atoms with Crippen LogP contribution in [-0.4, -0.2) is 17.4 Å². The molecule has 4 saturated carbocycles. The van der Waals surface area contributed by atoms with Gasteiger partial charge >= 0.3 is 0 Å². The van der Waals surface area contributed by atoms with Crippen molar-refractivity contribution in [2.45, 2.75) is 65.2 Å². The van der Waals surface area contributed by atoms with Crippen molar-refractivity contribution in [2.75, 3.05) is 6.54 Å². The van der Waals surface area contributed by atoms with E-state index in [1.165, 1.54) is 24.8 Å². The van der Waals surface area contributed by atoms with Gasteiger partial charge in [-0.15, -0.1) is 0 Å². The maximum absolute atomic E-state index is 13.1. The van der Waals surface area contributed by atoms with Crippen LogP contribution in [0.25, 0.3) is 0 Å². The fourth-order valence-corrected chi connectivity index (χ4v) is 6.93. The predicted molar refractivity (Wildman–Crippen MR) is 95.4 cm³/mol. The van der Waals surface area contributed by atoms with Crippen molar-refractivity contribution < 1.29 is 4.79 Å². The van der Waals surface area contributed by atoms with Gasteiger partial charge in [0.1, 0.15) is 0 Å². The summed E-state index contributed by atoms with van der Waals surface area (Å²) in [7, 11) is 0. The van der Waals surface area contributed by atoms with Crippen LogP contribution in [0.4, 0.5) is 0 Å². The molecule has 4 atom stereocenters. The quantitative estimate of drug-likeness (QED) is 0.827. The molecule has 24 heavy (non-hydrogen) atoms. The molecule has 1 amide bonds. The van der Waals surface area contributed by atoms with Crippen molar-refractivity contribution in [1.82, 2.24) is 10.3 Å². The van der Waals surface area contributed by atoms with Crippen LogP contribution in [0.15, 0.2) is 24.5 Å². The van der Waals surface area contributed by atoms with Gasteiger partial charge in [-0.25, -0.2) is 0 Å². The summed E-state index contributed by atoms with van der Waals surface area (Å²) in [5, 5.41) is 3.29. The monoisotopic (exact) mass is 326 g/mol. The molecule has 5 rings (SSSR count). The Morgan fingerprint density at radius 1 is 1.12 bits per heavy atom. The number of nitrogens with one attached hydrogen (secondary N) is 1. The maximum atomic E-state index is 13.1. The summed E-state index contributed by atoms with van der Waals surface area (Å²) in [6.45, 7) is 5.66. The number of hydrogen-bond acceptors (Lipinski definition) is 2. The molecule has 0 saturated heterocycles. The lowest BCUT2D eigenvalue weighted by atomic mass is 9.40. The molecular formula is C21H30N2O. The van der Waals surface area contributed by atoms with E-state index in [2.05, 4.69) is 36.3 Å². The molecular weight excluding hydrogens is 296 g/mol. The normalized spacial score (nSPS) is 39.8. The molecule has 0 aliphatic heterocycles. The Balaban J connectivity index is 1.36. The largest absolute Gasteiger partial charge is 0.356 e. The number of rotatable bonds is 5. The van der Waals surface area contributed by atoms with E-state index in [4.69, 9.17) is 0 Å². The molecule has 0 aromatic carbocycles. The Kier molecular flexibility index (Phi) is 3.74. The highest BCUT2D eigenvalue weighted by Gasteiger charge is 2.62. The van der Waals surface area contributed by atoms with E-state index in [0.29, 0.717) is 16.7 Å². The number of nitrogens with zero attached hydrogens (tertiary/aromatic N) is 1. The van der Waals surface area contributed by atoms with Gasteiger partial charge in [-0.1, -0.05) is 13.8 Å². The van der Waals surface area contributed by atoms with E-state index in [9.17, 15) is 4.79 Å². The van der Waals surface area contributed by atoms with Crippen LogP contribution < -0.4 is 5.32 Å². The minimum absolute atomic E-state index is 0.0699. The molecule has 1 aromatic heterocycles. The molecule has 4 aliphatic rings. The molecule has 4 fully saturated rings. The third-order valence-electron chi connectivity index (χ3n) is 6.79. The number of aryl methyl sites for hydroxylation is 1. The van der Waals surface area contributed by atoms with Gasteiger partial charge in [-0.2, -0.15) is 0 Å². The van der Waals surface area contributed by atoms with E-state index in [-0.39, 0.29) is 5.41 Å². The summed E-state index contributed by atoms with van der Waals surface area (Å²) in [4.78, 5) is 17.1. The molecule has 0 radical (unpaired) electrons. The molecule has 1 heterocycles. The van der Waals surface area contributed by atoms with Gasteiger partial charge in [-0.05, 0) is 85.8 Å². The maximum Gasteiger partial charge on any atom is 0.226 e. The second-order valence-electron chi connectivity index (χ2n) is 9.63. The second kappa shape index (κ2) is 5.57. The summed E-state index contributed by atoms with van der Waals surface area (Å²) >= 11 is 0. The summed E-state index contributed by atoms with van der Waals surface area (Å²) in [6, 6.07) is 4.12. The highest BCUT2D eigenvalue weighted by molar-refractivity contribution is 5.83. The zero-order valence-electron chi connectivity index (χ0n) is 15.1. The van der Waals surface area contributed by atoms with Crippen LogP contribution in [0.5, 0.6) is 0 Å². The van der Waals surface area contributed by atoms with Crippen LogP contribution in [0.2, 0.25) is 0 Å². The smallest absolute Gasteiger partial charge is 0.226 e. The first-order valence-electron chi connectivity index (χ1n) is 9.58. The van der Waals surface area contributed by atoms with Crippen LogP contribution in [0.1, 0.15) is 64.4 Å². The van der Waals surface area contributed by atoms with Gasteiger partial charge in [0, 0.05) is 18.9 Å². The second-order valence-corrected chi connectivity index (χ2v) is 9.63. The molecule has 4 bridgehead atoms. The first-order chi connectivity index (χ1) is 11.4. The van der Waals surface area contributed by atoms with Gasteiger partial charge in [0.25, 0.3) is 0 Å². The van der Waals surface area contributed by atoms with Gasteiger partial charge in [-0.3, -0.25) is 9.78 Å². The predicted octanol–water partition coefficient (Wildman–Crippen LogP) is 4.13. The van der Waals surface area contributed by atoms with Crippen LogP contribution >= 0.6 is 0 Å². The Bertz CT molecular complexity index is 608. The summed E-state index contributed by atoms with van der Waals surface area (Å²) in [6.07, 6.45) is 13.1. The fourth-order valence-electron chi connectivity index (χ4n) is 6.93.